The zero-order valence-electron chi connectivity index (χ0n) is 11.3. The maximum absolute atomic E-state index is 12.0. The lowest BCUT2D eigenvalue weighted by Crippen LogP contribution is -2.41. The van der Waals surface area contributed by atoms with E-state index in [-0.39, 0.29) is 0 Å². The SMILES string of the molecule is CCNCCCN(C)S(=O)(=O)N(C)CCSC. The van der Waals surface area contributed by atoms with Gasteiger partial charge in [0.2, 0.25) is 0 Å². The van der Waals surface area contributed by atoms with Gasteiger partial charge in [0.05, 0.1) is 0 Å². The second-order valence-corrected chi connectivity index (χ2v) is 6.98. The first kappa shape index (κ1) is 17.2. The van der Waals surface area contributed by atoms with E-state index in [0.29, 0.717) is 13.1 Å². The van der Waals surface area contributed by atoms with E-state index < -0.39 is 10.2 Å². The van der Waals surface area contributed by atoms with E-state index in [2.05, 4.69) is 5.32 Å². The second-order valence-electron chi connectivity index (χ2n) is 3.85. The van der Waals surface area contributed by atoms with Gasteiger partial charge < -0.3 is 5.32 Å². The van der Waals surface area contributed by atoms with Crippen LogP contribution in [0.1, 0.15) is 13.3 Å². The lowest BCUT2D eigenvalue weighted by atomic mass is 10.4. The average molecular weight is 283 g/mol. The number of hydrogen-bond donors (Lipinski definition) is 1. The van der Waals surface area contributed by atoms with Crippen molar-refractivity contribution in [3.8, 4) is 0 Å². The molecule has 0 aliphatic heterocycles. The van der Waals surface area contributed by atoms with E-state index in [1.165, 1.54) is 8.61 Å². The zero-order valence-corrected chi connectivity index (χ0v) is 12.9. The minimum Gasteiger partial charge on any atom is -0.317 e. The summed E-state index contributed by atoms with van der Waals surface area (Å²) in [5.74, 6) is 0.820. The second kappa shape index (κ2) is 9.16. The third-order valence-corrected chi connectivity index (χ3v) is 5.01. The van der Waals surface area contributed by atoms with Gasteiger partial charge in [-0.05, 0) is 25.8 Å². The predicted molar refractivity (Wildman–Crippen MR) is 75.7 cm³/mol. The Bertz CT molecular complexity index is 283. The van der Waals surface area contributed by atoms with Crippen molar-refractivity contribution in [2.24, 2.45) is 0 Å². The smallest absolute Gasteiger partial charge is 0.281 e. The van der Waals surface area contributed by atoms with E-state index in [4.69, 9.17) is 0 Å². The van der Waals surface area contributed by atoms with Crippen molar-refractivity contribution in [3.63, 3.8) is 0 Å². The largest absolute Gasteiger partial charge is 0.317 e. The first-order chi connectivity index (χ1) is 7.96. The molecule has 0 fully saturated rings. The first-order valence-electron chi connectivity index (χ1n) is 5.84. The van der Waals surface area contributed by atoms with Crippen molar-refractivity contribution in [1.82, 2.24) is 13.9 Å². The maximum atomic E-state index is 12.0. The molecule has 0 aromatic heterocycles. The Morgan fingerprint density at radius 2 is 1.76 bits per heavy atom. The highest BCUT2D eigenvalue weighted by Gasteiger charge is 2.22. The normalized spacial score (nSPS) is 12.6. The molecule has 0 spiro atoms. The van der Waals surface area contributed by atoms with Crippen LogP contribution in [0.4, 0.5) is 0 Å². The monoisotopic (exact) mass is 283 g/mol. The highest BCUT2D eigenvalue weighted by Crippen LogP contribution is 2.05. The summed E-state index contributed by atoms with van der Waals surface area (Å²) in [7, 11) is -0.00578. The molecular weight excluding hydrogens is 258 g/mol. The molecule has 7 heteroatoms. The van der Waals surface area contributed by atoms with Crippen LogP contribution < -0.4 is 5.32 Å². The van der Waals surface area contributed by atoms with Crippen LogP contribution in [0.5, 0.6) is 0 Å². The lowest BCUT2D eigenvalue weighted by Gasteiger charge is -2.24. The summed E-state index contributed by atoms with van der Waals surface area (Å²) < 4.78 is 26.9. The maximum Gasteiger partial charge on any atom is 0.281 e. The lowest BCUT2D eigenvalue weighted by molar-refractivity contribution is 0.395. The third-order valence-electron chi connectivity index (χ3n) is 2.47. The Kier molecular flexibility index (Phi) is 9.25. The van der Waals surface area contributed by atoms with Crippen molar-refractivity contribution >= 4 is 22.0 Å². The Balaban J connectivity index is 4.10. The van der Waals surface area contributed by atoms with Crippen LogP contribution in [0.15, 0.2) is 0 Å². The van der Waals surface area contributed by atoms with Gasteiger partial charge in [0.25, 0.3) is 10.2 Å². The molecule has 0 amide bonds. The fourth-order valence-corrected chi connectivity index (χ4v) is 3.02. The zero-order chi connectivity index (χ0) is 13.3. The quantitative estimate of drug-likeness (QED) is 0.592. The van der Waals surface area contributed by atoms with Gasteiger partial charge in [-0.3, -0.25) is 0 Å². The molecular formula is C10H25N3O2S2. The molecule has 0 saturated carbocycles. The molecule has 0 unspecified atom stereocenters. The van der Waals surface area contributed by atoms with Crippen molar-refractivity contribution in [2.75, 3.05) is 52.3 Å². The van der Waals surface area contributed by atoms with Crippen LogP contribution in [0.2, 0.25) is 0 Å². The molecule has 17 heavy (non-hydrogen) atoms. The van der Waals surface area contributed by atoms with Crippen LogP contribution in [-0.2, 0) is 10.2 Å². The van der Waals surface area contributed by atoms with Crippen molar-refractivity contribution in [1.29, 1.82) is 0 Å². The topological polar surface area (TPSA) is 52.7 Å². The Hall–Kier alpha value is 0.180. The molecule has 0 atom stereocenters. The molecule has 0 aliphatic carbocycles. The Labute approximate surface area is 110 Å². The van der Waals surface area contributed by atoms with Gasteiger partial charge in [-0.2, -0.15) is 28.8 Å². The number of hydrogen-bond acceptors (Lipinski definition) is 4. The van der Waals surface area contributed by atoms with Crippen molar-refractivity contribution < 1.29 is 8.42 Å². The van der Waals surface area contributed by atoms with Gasteiger partial charge >= 0.3 is 0 Å². The van der Waals surface area contributed by atoms with Crippen LogP contribution >= 0.6 is 11.8 Å². The standard InChI is InChI=1S/C10H25N3O2S2/c1-5-11-7-6-8-12(2)17(14,15)13(3)9-10-16-4/h11H,5-10H2,1-4H3. The summed E-state index contributed by atoms with van der Waals surface area (Å²) in [6.45, 7) is 4.92. The molecule has 0 heterocycles. The first-order valence-corrected chi connectivity index (χ1v) is 8.63. The summed E-state index contributed by atoms with van der Waals surface area (Å²) in [6, 6.07) is 0. The van der Waals surface area contributed by atoms with E-state index in [0.717, 1.165) is 25.3 Å². The highest BCUT2D eigenvalue weighted by molar-refractivity contribution is 7.98. The molecule has 0 rings (SSSR count). The summed E-state index contributed by atoms with van der Waals surface area (Å²) in [6.07, 6.45) is 2.81. The fraction of sp³-hybridized carbons (Fsp3) is 1.00. The van der Waals surface area contributed by atoms with Crippen LogP contribution in [0, 0.1) is 0 Å². The molecule has 104 valence electrons. The summed E-state index contributed by atoms with van der Waals surface area (Å²) in [5.41, 5.74) is 0. The van der Waals surface area contributed by atoms with E-state index in [1.807, 2.05) is 13.2 Å². The predicted octanol–water partition coefficient (Wildman–Crippen LogP) is 0.457. The fourth-order valence-electron chi connectivity index (χ4n) is 1.29. The molecule has 0 aromatic carbocycles. The summed E-state index contributed by atoms with van der Waals surface area (Å²) in [4.78, 5) is 0. The van der Waals surface area contributed by atoms with Gasteiger partial charge in [-0.1, -0.05) is 6.92 Å². The van der Waals surface area contributed by atoms with E-state index in [9.17, 15) is 8.42 Å². The highest BCUT2D eigenvalue weighted by atomic mass is 32.2. The molecule has 5 nitrogen and oxygen atoms in total. The molecule has 1 N–H and O–H groups in total. The Morgan fingerprint density at radius 3 is 2.29 bits per heavy atom. The van der Waals surface area contributed by atoms with Gasteiger partial charge in [0, 0.05) is 32.9 Å². The van der Waals surface area contributed by atoms with Crippen molar-refractivity contribution in [3.05, 3.63) is 0 Å². The average Bonchev–Trinajstić information content (AvgIpc) is 2.31. The van der Waals surface area contributed by atoms with E-state index >= 15 is 0 Å². The Morgan fingerprint density at radius 1 is 1.18 bits per heavy atom. The number of nitrogens with one attached hydrogen (secondary N) is 1. The van der Waals surface area contributed by atoms with Gasteiger partial charge in [0.1, 0.15) is 0 Å². The van der Waals surface area contributed by atoms with Crippen molar-refractivity contribution in [2.45, 2.75) is 13.3 Å². The molecule has 0 radical (unpaired) electrons. The number of rotatable bonds is 10. The molecule has 0 aliphatic rings. The minimum absolute atomic E-state index is 0.555. The molecule has 0 aromatic rings. The van der Waals surface area contributed by atoms with Crippen LogP contribution in [-0.4, -0.2) is 69.3 Å². The van der Waals surface area contributed by atoms with Gasteiger partial charge in [0.15, 0.2) is 0 Å². The summed E-state index contributed by atoms with van der Waals surface area (Å²) in [5, 5.41) is 3.18. The molecule has 0 saturated heterocycles. The van der Waals surface area contributed by atoms with Gasteiger partial charge in [-0.25, -0.2) is 0 Å². The van der Waals surface area contributed by atoms with Crippen LogP contribution in [0.3, 0.4) is 0 Å². The van der Waals surface area contributed by atoms with E-state index in [1.54, 1.807) is 25.9 Å². The minimum atomic E-state index is -3.27. The molecule has 0 bridgehead atoms. The number of nitrogens with zero attached hydrogens (tertiary/aromatic N) is 2. The third kappa shape index (κ3) is 6.61. The number of thioether (sulfide) groups is 1. The summed E-state index contributed by atoms with van der Waals surface area (Å²) >= 11 is 1.65. The van der Waals surface area contributed by atoms with Gasteiger partial charge in [-0.15, -0.1) is 0 Å². The van der Waals surface area contributed by atoms with Crippen LogP contribution in [0.25, 0.3) is 0 Å².